The molecule has 3 N–H and O–H groups in total. The summed E-state index contributed by atoms with van der Waals surface area (Å²) < 4.78 is 22.6. The molecule has 0 saturated carbocycles. The Hall–Kier alpha value is -1.71. The summed E-state index contributed by atoms with van der Waals surface area (Å²) in [6, 6.07) is 3.92. The van der Waals surface area contributed by atoms with E-state index < -0.39 is 25.2 Å². The molecule has 0 radical (unpaired) electrons. The molecule has 4 nitrogen and oxygen atoms in total. The Morgan fingerprint density at radius 3 is 2.67 bits per heavy atom. The predicted molar refractivity (Wildman–Crippen MR) is 55.0 cm³/mol. The van der Waals surface area contributed by atoms with Crippen LogP contribution in [0.5, 0.6) is 11.5 Å². The Bertz CT molecular complexity index is 448. The number of aryl methyl sites for hydroxylation is 1. The summed E-state index contributed by atoms with van der Waals surface area (Å²) in [5, 5.41) is 26.9. The fourth-order valence-corrected chi connectivity index (χ4v) is 1.05. The van der Waals surface area contributed by atoms with Gasteiger partial charge in [-0.25, -0.2) is 0 Å². The van der Waals surface area contributed by atoms with Crippen LogP contribution in [0.3, 0.4) is 0 Å². The van der Waals surface area contributed by atoms with Crippen LogP contribution in [0.2, 0.25) is 0 Å². The number of rotatable bonds is 5. The van der Waals surface area contributed by atoms with E-state index in [1.807, 2.05) is 0 Å². The van der Waals surface area contributed by atoms with Gasteiger partial charge in [-0.1, -0.05) is 6.07 Å². The molecule has 0 aliphatic rings. The van der Waals surface area contributed by atoms with Crippen LogP contribution in [-0.4, -0.2) is 21.3 Å². The van der Waals surface area contributed by atoms with Crippen LogP contribution in [0.1, 0.15) is 28.9 Å². The van der Waals surface area contributed by atoms with E-state index in [0.717, 1.165) is 0 Å². The van der Waals surface area contributed by atoms with Crippen LogP contribution in [0.25, 0.3) is 0 Å². The number of phenolic OH excluding ortho intramolecular Hbond substituents is 2. The lowest BCUT2D eigenvalue weighted by molar-refractivity contribution is -0.137. The van der Waals surface area contributed by atoms with E-state index in [0.29, 0.717) is 5.56 Å². The smallest absolute Gasteiger partial charge is 0.303 e. The first-order chi connectivity index (χ1) is 8.22. The van der Waals surface area contributed by atoms with Gasteiger partial charge in [0.2, 0.25) is 0 Å². The summed E-state index contributed by atoms with van der Waals surface area (Å²) >= 11 is 0. The first-order valence-corrected chi connectivity index (χ1v) is 4.37. The highest BCUT2D eigenvalue weighted by Crippen LogP contribution is 2.25. The molecule has 0 aliphatic heterocycles. The lowest BCUT2D eigenvalue weighted by Gasteiger charge is -2.02. The third-order valence-electron chi connectivity index (χ3n) is 1.78. The average Bonchev–Trinajstić information content (AvgIpc) is 2.21. The standard InChI is InChI=1S/C11H14O4/c12-9-6-5-8(7-10(9)13)3-1-2-4-11(14)15/h5-7,12-13H,1-4H2,(H,14,15)/i1D,2D2. The number of phenols is 2. The maximum atomic E-state index is 10.5. The zero-order chi connectivity index (χ0) is 13.9. The summed E-state index contributed by atoms with van der Waals surface area (Å²) in [4.78, 5) is 10.5. The van der Waals surface area contributed by atoms with Gasteiger partial charge in [0.05, 0.1) is 0 Å². The van der Waals surface area contributed by atoms with Gasteiger partial charge in [-0.15, -0.1) is 0 Å². The minimum absolute atomic E-state index is 0.0475. The molecule has 0 heterocycles. The normalized spacial score (nSPS) is 16.1. The van der Waals surface area contributed by atoms with Crippen LogP contribution in [0, 0.1) is 0 Å². The molecule has 4 heteroatoms. The van der Waals surface area contributed by atoms with Crippen molar-refractivity contribution in [3.05, 3.63) is 23.8 Å². The zero-order valence-electron chi connectivity index (χ0n) is 11.0. The zero-order valence-corrected chi connectivity index (χ0v) is 7.97. The van der Waals surface area contributed by atoms with Crippen molar-refractivity contribution in [3.63, 3.8) is 0 Å². The Balaban J connectivity index is 2.77. The van der Waals surface area contributed by atoms with Crippen molar-refractivity contribution < 1.29 is 24.2 Å². The van der Waals surface area contributed by atoms with Crippen molar-refractivity contribution in [2.75, 3.05) is 0 Å². The molecule has 0 saturated heterocycles. The first-order valence-electron chi connectivity index (χ1n) is 5.95. The SMILES string of the molecule is [2H]C(Cc1ccc(O)c(O)c1)C([2H])([2H])CC(=O)O. The average molecular weight is 213 g/mol. The number of carboxylic acids is 1. The summed E-state index contributed by atoms with van der Waals surface area (Å²) in [6.07, 6.45) is -4.21. The number of carboxylic acid groups (broad SMARTS) is 1. The van der Waals surface area contributed by atoms with Crippen LogP contribution < -0.4 is 0 Å². The van der Waals surface area contributed by atoms with Crippen molar-refractivity contribution in [3.8, 4) is 11.5 Å². The molecule has 0 aromatic heterocycles. The molecule has 1 aromatic rings. The van der Waals surface area contributed by atoms with E-state index in [2.05, 4.69) is 0 Å². The summed E-state index contributed by atoms with van der Waals surface area (Å²) in [5.41, 5.74) is 0.458. The molecular weight excluding hydrogens is 196 g/mol. The van der Waals surface area contributed by atoms with E-state index in [1.54, 1.807) is 0 Å². The van der Waals surface area contributed by atoms with Crippen molar-refractivity contribution in [2.45, 2.75) is 25.6 Å². The Labute approximate surface area is 92.0 Å². The second kappa shape index (κ2) is 5.24. The van der Waals surface area contributed by atoms with Gasteiger partial charge in [0, 0.05) is 10.5 Å². The molecule has 1 unspecified atom stereocenters. The monoisotopic (exact) mass is 213 g/mol. The highest BCUT2D eigenvalue weighted by Gasteiger charge is 2.01. The Morgan fingerprint density at radius 2 is 2.07 bits per heavy atom. The van der Waals surface area contributed by atoms with Crippen molar-refractivity contribution >= 4 is 5.97 Å². The molecule has 15 heavy (non-hydrogen) atoms. The Kier molecular flexibility index (Phi) is 2.64. The number of benzene rings is 1. The molecule has 1 atom stereocenters. The predicted octanol–water partition coefficient (Wildman–Crippen LogP) is 1.90. The van der Waals surface area contributed by atoms with Crippen LogP contribution in [0.15, 0.2) is 18.2 Å². The van der Waals surface area contributed by atoms with E-state index in [1.165, 1.54) is 18.2 Å². The molecule has 0 aliphatic carbocycles. The fraction of sp³-hybridized carbons (Fsp3) is 0.364. The van der Waals surface area contributed by atoms with Gasteiger partial charge < -0.3 is 15.3 Å². The molecule has 0 bridgehead atoms. The number of aliphatic carboxylic acids is 1. The maximum absolute atomic E-state index is 10.5. The topological polar surface area (TPSA) is 77.8 Å². The molecule has 0 amide bonds. The fourth-order valence-electron chi connectivity index (χ4n) is 1.05. The number of hydrogen-bond donors (Lipinski definition) is 3. The van der Waals surface area contributed by atoms with Gasteiger partial charge in [-0.3, -0.25) is 4.79 Å². The van der Waals surface area contributed by atoms with Gasteiger partial charge in [-0.2, -0.15) is 0 Å². The van der Waals surface area contributed by atoms with E-state index in [4.69, 9.17) is 14.3 Å². The van der Waals surface area contributed by atoms with E-state index >= 15 is 0 Å². The lowest BCUT2D eigenvalue weighted by Crippen LogP contribution is -1.94. The van der Waals surface area contributed by atoms with Crippen LogP contribution in [0.4, 0.5) is 0 Å². The number of carbonyl (C=O) groups is 1. The number of hydrogen-bond acceptors (Lipinski definition) is 3. The lowest BCUT2D eigenvalue weighted by atomic mass is 10.1. The second-order valence-electron chi connectivity index (χ2n) is 3.01. The molecule has 1 aromatic carbocycles. The molecule has 0 fully saturated rings. The van der Waals surface area contributed by atoms with Crippen molar-refractivity contribution in [1.82, 2.24) is 0 Å². The Morgan fingerprint density at radius 1 is 1.33 bits per heavy atom. The molecule has 1 rings (SSSR count). The molecule has 82 valence electrons. The highest BCUT2D eigenvalue weighted by molar-refractivity contribution is 5.66. The van der Waals surface area contributed by atoms with Gasteiger partial charge in [-0.05, 0) is 36.9 Å². The van der Waals surface area contributed by atoms with Crippen LogP contribution >= 0.6 is 0 Å². The first kappa shape index (κ1) is 7.56. The van der Waals surface area contributed by atoms with Crippen molar-refractivity contribution in [1.29, 1.82) is 0 Å². The highest BCUT2D eigenvalue weighted by atomic mass is 16.4. The van der Waals surface area contributed by atoms with E-state index in [-0.39, 0.29) is 17.9 Å². The quantitative estimate of drug-likeness (QED) is 0.653. The second-order valence-corrected chi connectivity index (χ2v) is 3.01. The molecule has 0 spiro atoms. The van der Waals surface area contributed by atoms with Crippen LogP contribution in [-0.2, 0) is 11.2 Å². The largest absolute Gasteiger partial charge is 0.504 e. The van der Waals surface area contributed by atoms with Gasteiger partial charge in [0.1, 0.15) is 0 Å². The van der Waals surface area contributed by atoms with Gasteiger partial charge >= 0.3 is 5.97 Å². The summed E-state index contributed by atoms with van der Waals surface area (Å²) in [6.45, 7) is 0. The minimum Gasteiger partial charge on any atom is -0.504 e. The van der Waals surface area contributed by atoms with E-state index in [9.17, 15) is 9.90 Å². The summed E-state index contributed by atoms with van der Waals surface area (Å²) in [7, 11) is 0. The maximum Gasteiger partial charge on any atom is 0.303 e. The minimum atomic E-state index is -2.15. The molecular formula is C11H14O4. The van der Waals surface area contributed by atoms with Gasteiger partial charge in [0.15, 0.2) is 11.5 Å². The third-order valence-corrected chi connectivity index (χ3v) is 1.78. The van der Waals surface area contributed by atoms with Crippen molar-refractivity contribution in [2.24, 2.45) is 0 Å². The van der Waals surface area contributed by atoms with Gasteiger partial charge in [0.25, 0.3) is 0 Å². The summed E-state index contributed by atoms with van der Waals surface area (Å²) in [5.74, 6) is -1.95. The number of aromatic hydroxyl groups is 2. The third kappa shape index (κ3) is 3.89.